The van der Waals surface area contributed by atoms with E-state index in [1.165, 1.54) is 5.56 Å². The van der Waals surface area contributed by atoms with E-state index in [4.69, 9.17) is 0 Å². The minimum atomic E-state index is -0.120. The average molecular weight is 384 g/mol. The number of aryl methyl sites for hydroxylation is 4. The van der Waals surface area contributed by atoms with Crippen molar-refractivity contribution in [2.45, 2.75) is 34.2 Å². The van der Waals surface area contributed by atoms with E-state index in [0.717, 1.165) is 44.7 Å². The molecule has 0 saturated heterocycles. The monoisotopic (exact) mass is 384 g/mol. The summed E-state index contributed by atoms with van der Waals surface area (Å²) in [5, 5.41) is 8.60. The number of carbonyl (C=O) groups excluding carboxylic acids is 1. The van der Waals surface area contributed by atoms with E-state index in [0.29, 0.717) is 0 Å². The lowest BCUT2D eigenvalue weighted by Crippen LogP contribution is -2.20. The van der Waals surface area contributed by atoms with Gasteiger partial charge in [-0.2, -0.15) is 5.10 Å². The van der Waals surface area contributed by atoms with Crippen LogP contribution in [-0.4, -0.2) is 20.7 Å². The van der Waals surface area contributed by atoms with Crippen molar-refractivity contribution in [2.24, 2.45) is 0 Å². The summed E-state index contributed by atoms with van der Waals surface area (Å²) >= 11 is 0. The number of hydrogen-bond donors (Lipinski definition) is 1. The maximum atomic E-state index is 12.7. The van der Waals surface area contributed by atoms with Gasteiger partial charge in [0.05, 0.1) is 5.69 Å². The first-order valence-electron chi connectivity index (χ1n) is 9.68. The molecule has 4 aromatic rings. The number of amides is 1. The molecule has 0 aliphatic carbocycles. The molecular formula is C24H24N4O. The lowest BCUT2D eigenvalue weighted by atomic mass is 10.0. The molecule has 1 N–H and O–H groups in total. The van der Waals surface area contributed by atoms with Gasteiger partial charge in [-0.15, -0.1) is 0 Å². The summed E-state index contributed by atoms with van der Waals surface area (Å²) in [5.41, 5.74) is 7.96. The third-order valence-electron chi connectivity index (χ3n) is 5.10. The molecule has 1 amide bonds. The van der Waals surface area contributed by atoms with Gasteiger partial charge in [-0.1, -0.05) is 42.0 Å². The Morgan fingerprint density at radius 2 is 1.79 bits per heavy atom. The highest BCUT2D eigenvalue weighted by atomic mass is 16.2. The molecule has 0 atom stereocenters. The number of aromatic nitrogens is 3. The smallest absolute Gasteiger partial charge is 0.246 e. The summed E-state index contributed by atoms with van der Waals surface area (Å²) in [4.78, 5) is 17.2. The lowest BCUT2D eigenvalue weighted by Gasteiger charge is -2.10. The van der Waals surface area contributed by atoms with Crippen LogP contribution in [0.15, 0.2) is 54.7 Å². The van der Waals surface area contributed by atoms with Crippen LogP contribution in [0.1, 0.15) is 22.4 Å². The fourth-order valence-corrected chi connectivity index (χ4v) is 3.64. The number of pyridine rings is 1. The highest BCUT2D eigenvalue weighted by Crippen LogP contribution is 2.30. The molecule has 0 aliphatic rings. The molecule has 2 heterocycles. The fourth-order valence-electron chi connectivity index (χ4n) is 3.64. The topological polar surface area (TPSA) is 59.8 Å². The van der Waals surface area contributed by atoms with Gasteiger partial charge in [-0.25, -0.2) is 9.67 Å². The quantitative estimate of drug-likeness (QED) is 0.540. The summed E-state index contributed by atoms with van der Waals surface area (Å²) in [5.74, 6) is -0.120. The van der Waals surface area contributed by atoms with Crippen molar-refractivity contribution in [3.8, 4) is 11.1 Å². The van der Waals surface area contributed by atoms with Gasteiger partial charge >= 0.3 is 0 Å². The van der Waals surface area contributed by atoms with E-state index in [-0.39, 0.29) is 12.5 Å². The van der Waals surface area contributed by atoms with Crippen LogP contribution in [0.2, 0.25) is 0 Å². The first-order valence-corrected chi connectivity index (χ1v) is 9.68. The van der Waals surface area contributed by atoms with Crippen LogP contribution in [0.4, 0.5) is 5.69 Å². The van der Waals surface area contributed by atoms with E-state index < -0.39 is 0 Å². The Labute approximate surface area is 170 Å². The Hall–Kier alpha value is -3.47. The molecule has 146 valence electrons. The summed E-state index contributed by atoms with van der Waals surface area (Å²) in [6.45, 7) is 8.15. The van der Waals surface area contributed by atoms with Crippen molar-refractivity contribution >= 4 is 22.6 Å². The van der Waals surface area contributed by atoms with Crippen LogP contribution in [-0.2, 0) is 11.3 Å². The average Bonchev–Trinajstić information content (AvgIpc) is 3.00. The third-order valence-corrected chi connectivity index (χ3v) is 5.10. The summed E-state index contributed by atoms with van der Waals surface area (Å²) < 4.78 is 1.68. The van der Waals surface area contributed by atoms with Crippen LogP contribution in [0.25, 0.3) is 22.2 Å². The molecule has 2 aromatic carbocycles. The Kier molecular flexibility index (Phi) is 4.89. The first-order chi connectivity index (χ1) is 13.9. The normalized spacial score (nSPS) is 11.0. The maximum Gasteiger partial charge on any atom is 0.246 e. The third kappa shape index (κ3) is 3.76. The van der Waals surface area contributed by atoms with E-state index in [9.17, 15) is 4.79 Å². The zero-order valence-electron chi connectivity index (χ0n) is 17.2. The molecular weight excluding hydrogens is 360 g/mol. The van der Waals surface area contributed by atoms with Crippen molar-refractivity contribution in [3.05, 3.63) is 77.1 Å². The molecule has 0 unspecified atom stereocenters. The van der Waals surface area contributed by atoms with Gasteiger partial charge in [-0.05, 0) is 62.1 Å². The Balaban J connectivity index is 1.68. The summed E-state index contributed by atoms with van der Waals surface area (Å²) in [6.07, 6.45) is 1.78. The van der Waals surface area contributed by atoms with Crippen molar-refractivity contribution in [2.75, 3.05) is 5.32 Å². The molecule has 2 aromatic heterocycles. The SMILES string of the molecule is Cc1cccc(-c2ccnc3c2c(C)nn3CC(=O)Nc2cc(C)ccc2C)c1. The standard InChI is InChI=1S/C24H24N4O/c1-15-6-5-7-19(12-15)20-10-11-25-24-23(20)18(4)27-28(24)14-22(29)26-21-13-16(2)8-9-17(21)3/h5-13H,14H2,1-4H3,(H,26,29). The Morgan fingerprint density at radius 3 is 2.59 bits per heavy atom. The largest absolute Gasteiger partial charge is 0.324 e. The number of anilines is 1. The maximum absolute atomic E-state index is 12.7. The molecule has 0 spiro atoms. The van der Waals surface area contributed by atoms with Crippen molar-refractivity contribution in [1.29, 1.82) is 0 Å². The fraction of sp³-hybridized carbons (Fsp3) is 0.208. The van der Waals surface area contributed by atoms with E-state index in [1.807, 2.05) is 51.1 Å². The summed E-state index contributed by atoms with van der Waals surface area (Å²) in [7, 11) is 0. The summed E-state index contributed by atoms with van der Waals surface area (Å²) in [6, 6.07) is 16.4. The number of benzene rings is 2. The first kappa shape index (κ1) is 18.9. The number of nitrogens with one attached hydrogen (secondary N) is 1. The van der Waals surface area contributed by atoms with Crippen molar-refractivity contribution in [3.63, 3.8) is 0 Å². The zero-order valence-corrected chi connectivity index (χ0v) is 17.2. The highest BCUT2D eigenvalue weighted by Gasteiger charge is 2.16. The molecule has 0 saturated carbocycles. The molecule has 5 nitrogen and oxygen atoms in total. The molecule has 0 bridgehead atoms. The molecule has 5 heteroatoms. The number of fused-ring (bicyclic) bond motifs is 1. The van der Waals surface area contributed by atoms with Gasteiger partial charge in [0, 0.05) is 17.3 Å². The number of rotatable bonds is 4. The van der Waals surface area contributed by atoms with E-state index >= 15 is 0 Å². The number of nitrogens with zero attached hydrogens (tertiary/aromatic N) is 3. The molecule has 29 heavy (non-hydrogen) atoms. The number of hydrogen-bond acceptors (Lipinski definition) is 3. The minimum Gasteiger partial charge on any atom is -0.324 e. The lowest BCUT2D eigenvalue weighted by molar-refractivity contribution is -0.116. The predicted octanol–water partition coefficient (Wildman–Crippen LogP) is 4.97. The van der Waals surface area contributed by atoms with Gasteiger partial charge in [0.15, 0.2) is 5.65 Å². The van der Waals surface area contributed by atoms with Gasteiger partial charge in [0.25, 0.3) is 0 Å². The van der Waals surface area contributed by atoms with E-state index in [2.05, 4.69) is 40.5 Å². The minimum absolute atomic E-state index is 0.113. The van der Waals surface area contributed by atoms with Crippen molar-refractivity contribution in [1.82, 2.24) is 14.8 Å². The van der Waals surface area contributed by atoms with Crippen LogP contribution in [0.5, 0.6) is 0 Å². The zero-order chi connectivity index (χ0) is 20.5. The van der Waals surface area contributed by atoms with Gasteiger partial charge in [0.2, 0.25) is 5.91 Å². The van der Waals surface area contributed by atoms with Gasteiger partial charge < -0.3 is 5.32 Å². The molecule has 0 aliphatic heterocycles. The Morgan fingerprint density at radius 1 is 1.00 bits per heavy atom. The second-order valence-corrected chi connectivity index (χ2v) is 7.54. The van der Waals surface area contributed by atoms with Gasteiger partial charge in [-0.3, -0.25) is 4.79 Å². The van der Waals surface area contributed by atoms with Crippen LogP contribution < -0.4 is 5.32 Å². The molecule has 0 fully saturated rings. The van der Waals surface area contributed by atoms with E-state index in [1.54, 1.807) is 10.9 Å². The van der Waals surface area contributed by atoms with Crippen LogP contribution in [0.3, 0.4) is 0 Å². The van der Waals surface area contributed by atoms with Crippen LogP contribution >= 0.6 is 0 Å². The molecule has 4 rings (SSSR count). The van der Waals surface area contributed by atoms with Gasteiger partial charge in [0.1, 0.15) is 6.54 Å². The second kappa shape index (κ2) is 7.51. The second-order valence-electron chi connectivity index (χ2n) is 7.54. The van der Waals surface area contributed by atoms with Crippen LogP contribution in [0, 0.1) is 27.7 Å². The van der Waals surface area contributed by atoms with Crippen molar-refractivity contribution < 1.29 is 4.79 Å². The number of carbonyl (C=O) groups is 1. The Bertz CT molecular complexity index is 1220. The highest BCUT2D eigenvalue weighted by molar-refractivity contribution is 5.96. The molecule has 0 radical (unpaired) electrons. The predicted molar refractivity (Wildman–Crippen MR) is 117 cm³/mol.